The zero-order valence-electron chi connectivity index (χ0n) is 27.4. The number of sulfone groups is 1. The minimum absolute atomic E-state index is 0.0941. The third-order valence-electron chi connectivity index (χ3n) is 8.79. The maximum absolute atomic E-state index is 11.8. The van der Waals surface area contributed by atoms with E-state index in [9.17, 15) is 13.2 Å². The summed E-state index contributed by atoms with van der Waals surface area (Å²) in [7, 11) is -1.65. The first kappa shape index (κ1) is 33.3. The van der Waals surface area contributed by atoms with Crippen molar-refractivity contribution in [1.82, 2.24) is 0 Å². The Balaban J connectivity index is 0.000000231. The lowest BCUT2D eigenvalue weighted by Crippen LogP contribution is -2.19. The molecule has 0 aromatic heterocycles. The van der Waals surface area contributed by atoms with Gasteiger partial charge in [0, 0.05) is 29.4 Å². The van der Waals surface area contributed by atoms with E-state index in [2.05, 4.69) is 95.7 Å². The van der Waals surface area contributed by atoms with E-state index in [1.807, 2.05) is 0 Å². The number of rotatable bonds is 5. The Morgan fingerprint density at radius 3 is 1.71 bits per heavy atom. The Hall–Kier alpha value is -4.58. The standard InChI is InChI=1S/C27H32O.C11H8N2O3S/c1-16-9-10-23(15-26(16)28-8)27(24-11-17(2)21(6)18(3)12-24)25-13-19(4)22(7)20(5)14-25;1-17(15,16)10-4-2-3-8-7(10)5-6-9(13-12)11(8)14/h9-15,27H,1-8H3;2-6H,1H3. The number of aryl methyl sites for hydroxylation is 5. The molecule has 7 heteroatoms. The van der Waals surface area contributed by atoms with Gasteiger partial charge in [0.1, 0.15) is 5.75 Å². The Morgan fingerprint density at radius 2 is 1.24 bits per heavy atom. The molecule has 0 saturated carbocycles. The van der Waals surface area contributed by atoms with Gasteiger partial charge in [-0.1, -0.05) is 48.5 Å². The van der Waals surface area contributed by atoms with Crippen LogP contribution in [-0.2, 0) is 9.84 Å². The largest absolute Gasteiger partial charge is 0.496 e. The van der Waals surface area contributed by atoms with Crippen molar-refractivity contribution in [2.75, 3.05) is 13.4 Å². The number of fused-ring (bicyclic) bond motifs is 1. The third-order valence-corrected chi connectivity index (χ3v) is 9.94. The third kappa shape index (κ3) is 6.90. The average molecular weight is 621 g/mol. The van der Waals surface area contributed by atoms with E-state index in [0.717, 1.165) is 17.6 Å². The van der Waals surface area contributed by atoms with Crippen LogP contribution in [0.1, 0.15) is 77.5 Å². The minimum Gasteiger partial charge on any atom is -0.496 e. The van der Waals surface area contributed by atoms with Gasteiger partial charge in [-0.25, -0.2) is 8.42 Å². The lowest BCUT2D eigenvalue weighted by atomic mass is 9.81. The van der Waals surface area contributed by atoms with Crippen molar-refractivity contribution < 1.29 is 22.7 Å². The summed E-state index contributed by atoms with van der Waals surface area (Å²) in [5, 5.41) is 0. The predicted octanol–water partition coefficient (Wildman–Crippen LogP) is 8.00. The summed E-state index contributed by atoms with van der Waals surface area (Å²) in [6.07, 6.45) is 3.83. The van der Waals surface area contributed by atoms with Gasteiger partial charge >= 0.3 is 5.71 Å². The van der Waals surface area contributed by atoms with Crippen LogP contribution in [0.4, 0.5) is 0 Å². The molecule has 0 fully saturated rings. The monoisotopic (exact) mass is 620 g/mol. The zero-order chi connectivity index (χ0) is 33.2. The second-order valence-electron chi connectivity index (χ2n) is 11.9. The lowest BCUT2D eigenvalue weighted by molar-refractivity contribution is -0.00436. The van der Waals surface area contributed by atoms with Crippen molar-refractivity contribution in [1.29, 1.82) is 0 Å². The zero-order valence-corrected chi connectivity index (χ0v) is 28.3. The van der Waals surface area contributed by atoms with Gasteiger partial charge in [-0.2, -0.15) is 4.79 Å². The first-order chi connectivity index (χ1) is 21.2. The number of hydrogen-bond acceptors (Lipinski definition) is 4. The molecule has 45 heavy (non-hydrogen) atoms. The van der Waals surface area contributed by atoms with Crippen molar-refractivity contribution in [3.8, 4) is 5.75 Å². The van der Waals surface area contributed by atoms with Gasteiger partial charge in [-0.3, -0.25) is 4.79 Å². The van der Waals surface area contributed by atoms with Gasteiger partial charge in [0.2, 0.25) is 0 Å². The number of carbonyl (C=O) groups excluding carboxylic acids is 1. The highest BCUT2D eigenvalue weighted by Gasteiger charge is 2.28. The molecule has 0 aliphatic heterocycles. The summed E-state index contributed by atoms with van der Waals surface area (Å²) in [4.78, 5) is 14.7. The molecule has 0 unspecified atom stereocenters. The number of carbonyl (C=O) groups is 1. The number of ether oxygens (including phenoxy) is 1. The number of allylic oxidation sites excluding steroid dienone is 1. The molecule has 0 saturated heterocycles. The second kappa shape index (κ2) is 13.2. The van der Waals surface area contributed by atoms with E-state index in [1.165, 1.54) is 80.4 Å². The minimum atomic E-state index is -3.40. The van der Waals surface area contributed by atoms with Gasteiger partial charge < -0.3 is 10.3 Å². The molecule has 5 rings (SSSR count). The van der Waals surface area contributed by atoms with E-state index < -0.39 is 15.6 Å². The average Bonchev–Trinajstić information content (AvgIpc) is 2.99. The molecule has 0 radical (unpaired) electrons. The Kier molecular flexibility index (Phi) is 9.76. The summed E-state index contributed by atoms with van der Waals surface area (Å²) in [6.45, 7) is 15.4. The van der Waals surface area contributed by atoms with Crippen LogP contribution in [0.3, 0.4) is 0 Å². The first-order valence-corrected chi connectivity index (χ1v) is 16.6. The number of ketones is 1. The van der Waals surface area contributed by atoms with E-state index in [0.29, 0.717) is 5.56 Å². The summed E-state index contributed by atoms with van der Waals surface area (Å²) < 4.78 is 28.7. The highest BCUT2D eigenvalue weighted by molar-refractivity contribution is 7.90. The van der Waals surface area contributed by atoms with Crippen LogP contribution in [0.25, 0.3) is 11.6 Å². The first-order valence-electron chi connectivity index (χ1n) is 14.8. The molecule has 0 amide bonds. The van der Waals surface area contributed by atoms with Crippen LogP contribution in [0.2, 0.25) is 0 Å². The van der Waals surface area contributed by atoms with E-state index >= 15 is 0 Å². The molecule has 0 N–H and O–H groups in total. The smallest absolute Gasteiger partial charge is 0.362 e. The number of nitrogens with zero attached hydrogens (tertiary/aromatic N) is 2. The van der Waals surface area contributed by atoms with Crippen LogP contribution in [-0.4, -0.2) is 38.1 Å². The summed E-state index contributed by atoms with van der Waals surface area (Å²) in [6, 6.07) is 20.5. The molecule has 0 heterocycles. The maximum Gasteiger partial charge on any atom is 0.362 e. The molecular weight excluding hydrogens is 580 g/mol. The fourth-order valence-corrected chi connectivity index (χ4v) is 6.66. The van der Waals surface area contributed by atoms with E-state index in [1.54, 1.807) is 7.11 Å². The normalized spacial score (nSPS) is 12.4. The fourth-order valence-electron chi connectivity index (χ4n) is 5.76. The topological polar surface area (TPSA) is 96.8 Å². The SMILES string of the molecule is COc1cc(C(c2cc(C)c(C)c(C)c2)c2cc(C)c(C)c(C)c2)ccc1C.CS(=O)(=O)c1cccc2c1C=CC(=[N+]=[N-])C2=O. The predicted molar refractivity (Wildman–Crippen MR) is 182 cm³/mol. The number of methoxy groups -OCH3 is 1. The number of Topliss-reactive ketones (excluding diaryl/α,β-unsaturated/α-hetero) is 1. The van der Waals surface area contributed by atoms with Gasteiger partial charge in [-0.15, -0.1) is 0 Å². The lowest BCUT2D eigenvalue weighted by Gasteiger charge is -2.23. The Bertz CT molecular complexity index is 1910. The summed E-state index contributed by atoms with van der Waals surface area (Å²) in [5.41, 5.74) is 22.3. The molecule has 1 aliphatic carbocycles. The van der Waals surface area contributed by atoms with Crippen molar-refractivity contribution >= 4 is 27.4 Å². The Morgan fingerprint density at radius 1 is 0.711 bits per heavy atom. The van der Waals surface area contributed by atoms with Gasteiger partial charge in [0.25, 0.3) is 5.78 Å². The highest BCUT2D eigenvalue weighted by Crippen LogP contribution is 2.37. The van der Waals surface area contributed by atoms with Gasteiger partial charge in [0.15, 0.2) is 9.84 Å². The molecule has 4 aromatic rings. The molecule has 232 valence electrons. The van der Waals surface area contributed by atoms with Crippen molar-refractivity contribution in [3.05, 3.63) is 139 Å². The van der Waals surface area contributed by atoms with Crippen LogP contribution in [0.15, 0.2) is 71.6 Å². The number of hydrogen-bond donors (Lipinski definition) is 0. The maximum atomic E-state index is 11.8. The molecule has 6 nitrogen and oxygen atoms in total. The molecule has 1 aliphatic rings. The van der Waals surface area contributed by atoms with Crippen molar-refractivity contribution in [2.45, 2.75) is 59.3 Å². The van der Waals surface area contributed by atoms with E-state index in [4.69, 9.17) is 10.3 Å². The number of benzene rings is 4. The van der Waals surface area contributed by atoms with E-state index in [-0.39, 0.29) is 22.1 Å². The fraction of sp³-hybridized carbons (Fsp3) is 0.263. The molecule has 4 aromatic carbocycles. The van der Waals surface area contributed by atoms with Crippen LogP contribution in [0.5, 0.6) is 5.75 Å². The summed E-state index contributed by atoms with van der Waals surface area (Å²) >= 11 is 0. The quantitative estimate of drug-likeness (QED) is 0.128. The molecule has 0 atom stereocenters. The molecular formula is C38H40N2O4S. The van der Waals surface area contributed by atoms with Crippen LogP contribution in [0, 0.1) is 48.5 Å². The van der Waals surface area contributed by atoms with Crippen LogP contribution >= 0.6 is 0 Å². The van der Waals surface area contributed by atoms with Crippen molar-refractivity contribution in [3.63, 3.8) is 0 Å². The second-order valence-corrected chi connectivity index (χ2v) is 13.8. The van der Waals surface area contributed by atoms with Crippen molar-refractivity contribution in [2.24, 2.45) is 0 Å². The summed E-state index contributed by atoms with van der Waals surface area (Å²) in [5.74, 6) is 0.643. The Labute approximate surface area is 267 Å². The molecule has 0 bridgehead atoms. The van der Waals surface area contributed by atoms with Gasteiger partial charge in [0.05, 0.1) is 12.0 Å². The van der Waals surface area contributed by atoms with Crippen LogP contribution < -0.4 is 4.74 Å². The molecule has 0 spiro atoms. The van der Waals surface area contributed by atoms with Gasteiger partial charge in [-0.05, 0) is 122 Å². The highest BCUT2D eigenvalue weighted by atomic mass is 32.2.